The quantitative estimate of drug-likeness (QED) is 0.416. The van der Waals surface area contributed by atoms with Crippen molar-refractivity contribution >= 4 is 27.0 Å². The zero-order valence-electron chi connectivity index (χ0n) is 19.8. The fourth-order valence-corrected chi connectivity index (χ4v) is 3.95. The number of methoxy groups -OCH3 is 1. The Labute approximate surface area is 202 Å². The van der Waals surface area contributed by atoms with E-state index in [0.29, 0.717) is 22.2 Å². The van der Waals surface area contributed by atoms with Gasteiger partial charge in [-0.25, -0.2) is 17.1 Å². The minimum Gasteiger partial charge on any atom is -0.505 e. The van der Waals surface area contributed by atoms with Gasteiger partial charge in [0, 0.05) is 40.5 Å². The molecule has 3 rings (SSSR count). The van der Waals surface area contributed by atoms with Crippen molar-refractivity contribution in [2.75, 3.05) is 33.6 Å². The van der Waals surface area contributed by atoms with E-state index in [0.717, 1.165) is 10.6 Å². The summed E-state index contributed by atoms with van der Waals surface area (Å²) in [5, 5.41) is 13.2. The number of aryl methyl sites for hydroxylation is 1. The molecule has 1 aromatic carbocycles. The number of nitrogens with zero attached hydrogens (tertiary/aromatic N) is 3. The van der Waals surface area contributed by atoms with E-state index in [1.54, 1.807) is 12.1 Å². The second kappa shape index (κ2) is 10.5. The van der Waals surface area contributed by atoms with E-state index < -0.39 is 38.6 Å². The Bertz CT molecular complexity index is 1440. The molecule has 0 radical (unpaired) electrons. The van der Waals surface area contributed by atoms with Crippen LogP contribution in [0.1, 0.15) is 27.0 Å². The van der Waals surface area contributed by atoms with Crippen molar-refractivity contribution < 1.29 is 27.4 Å². The molecule has 0 aliphatic heterocycles. The fourth-order valence-electron chi connectivity index (χ4n) is 3.58. The number of halogens is 1. The number of ether oxygens (including phenoxy) is 1. The second-order valence-corrected chi connectivity index (χ2v) is 10.2. The lowest BCUT2D eigenvalue weighted by atomic mass is 10.00. The molecule has 1 amide bonds. The maximum atomic E-state index is 13.9. The van der Waals surface area contributed by atoms with Crippen molar-refractivity contribution in [3.63, 3.8) is 0 Å². The van der Waals surface area contributed by atoms with Gasteiger partial charge < -0.3 is 19.7 Å². The van der Waals surface area contributed by atoms with Crippen LogP contribution in [0.3, 0.4) is 0 Å². The van der Waals surface area contributed by atoms with Gasteiger partial charge in [0.15, 0.2) is 5.75 Å². The van der Waals surface area contributed by atoms with Gasteiger partial charge in [-0.2, -0.15) is 0 Å². The monoisotopic (exact) mass is 506 g/mol. The maximum Gasteiger partial charge on any atom is 0.267 e. The van der Waals surface area contributed by atoms with Gasteiger partial charge in [0.05, 0.1) is 18.4 Å². The minimum atomic E-state index is -3.47. The van der Waals surface area contributed by atoms with Crippen molar-refractivity contribution in [3.8, 4) is 5.75 Å². The largest absolute Gasteiger partial charge is 0.505 e. The molecule has 0 spiro atoms. The first kappa shape index (κ1) is 26.3. The lowest BCUT2D eigenvalue weighted by Gasteiger charge is -2.17. The standard InChI is InChI=1S/C23H27FN4O6S/c1-27(35(4,32)33)13-16-11-17(24)6-5-15(16)9-14-10-18-20(26-12-14)21(29)19(23(31)28(18)2)22(30)25-7-8-34-3/h5-6,10-12,29H,7-9,13H2,1-4H3,(H,25,30). The Morgan fingerprint density at radius 2 is 2.00 bits per heavy atom. The van der Waals surface area contributed by atoms with Crippen LogP contribution >= 0.6 is 0 Å². The highest BCUT2D eigenvalue weighted by atomic mass is 32.2. The van der Waals surface area contributed by atoms with Gasteiger partial charge in [-0.15, -0.1) is 0 Å². The SMILES string of the molecule is COCCNC(=O)c1c(O)c2ncc(Cc3ccc(F)cc3CN(C)S(C)(=O)=O)cc2n(C)c1=O. The van der Waals surface area contributed by atoms with Crippen LogP contribution in [-0.2, 0) is 34.8 Å². The topological polar surface area (TPSA) is 131 Å². The zero-order valence-corrected chi connectivity index (χ0v) is 20.6. The number of carbonyl (C=O) groups excluding carboxylic acids is 1. The van der Waals surface area contributed by atoms with Gasteiger partial charge in [0.2, 0.25) is 10.0 Å². The maximum absolute atomic E-state index is 13.9. The van der Waals surface area contributed by atoms with Crippen molar-refractivity contribution in [1.29, 1.82) is 0 Å². The third-order valence-electron chi connectivity index (χ3n) is 5.61. The van der Waals surface area contributed by atoms with Crippen molar-refractivity contribution in [2.24, 2.45) is 7.05 Å². The van der Waals surface area contributed by atoms with Crippen LogP contribution in [0.15, 0.2) is 35.3 Å². The predicted molar refractivity (Wildman–Crippen MR) is 128 cm³/mol. The molecule has 0 fully saturated rings. The normalized spacial score (nSPS) is 11.8. The lowest BCUT2D eigenvalue weighted by Crippen LogP contribution is -2.34. The van der Waals surface area contributed by atoms with Gasteiger partial charge in [0.25, 0.3) is 11.5 Å². The molecule has 0 saturated heterocycles. The summed E-state index contributed by atoms with van der Waals surface area (Å²) < 4.78 is 44.7. The summed E-state index contributed by atoms with van der Waals surface area (Å²) in [5.74, 6) is -1.76. The average molecular weight is 507 g/mol. The molecule has 2 aromatic heterocycles. The highest BCUT2D eigenvalue weighted by Gasteiger charge is 2.22. The van der Waals surface area contributed by atoms with Crippen LogP contribution in [0.4, 0.5) is 4.39 Å². The summed E-state index contributed by atoms with van der Waals surface area (Å²) in [6, 6.07) is 5.77. The molecule has 0 aliphatic carbocycles. The first-order valence-corrected chi connectivity index (χ1v) is 12.4. The number of pyridine rings is 2. The molecule has 2 heterocycles. The van der Waals surface area contributed by atoms with Gasteiger partial charge in [0.1, 0.15) is 16.9 Å². The second-order valence-electron chi connectivity index (χ2n) is 8.16. The molecule has 188 valence electrons. The van der Waals surface area contributed by atoms with Crippen LogP contribution in [0, 0.1) is 5.82 Å². The Morgan fingerprint density at radius 1 is 1.29 bits per heavy atom. The molecule has 35 heavy (non-hydrogen) atoms. The Hall–Kier alpha value is -3.35. The van der Waals surface area contributed by atoms with Crippen LogP contribution in [0.5, 0.6) is 5.75 Å². The first-order valence-electron chi connectivity index (χ1n) is 10.6. The average Bonchev–Trinajstić information content (AvgIpc) is 2.79. The Kier molecular flexibility index (Phi) is 7.88. The van der Waals surface area contributed by atoms with E-state index >= 15 is 0 Å². The van der Waals surface area contributed by atoms with Crippen LogP contribution in [0.2, 0.25) is 0 Å². The van der Waals surface area contributed by atoms with Gasteiger partial charge in [-0.05, 0) is 41.3 Å². The number of hydrogen-bond donors (Lipinski definition) is 2. The van der Waals surface area contributed by atoms with Crippen LogP contribution in [0.25, 0.3) is 11.0 Å². The number of sulfonamides is 1. The van der Waals surface area contributed by atoms with E-state index in [-0.39, 0.29) is 31.6 Å². The highest BCUT2D eigenvalue weighted by molar-refractivity contribution is 7.88. The lowest BCUT2D eigenvalue weighted by molar-refractivity contribution is 0.0932. The summed E-state index contributed by atoms with van der Waals surface area (Å²) in [7, 11) is 0.868. The Balaban J connectivity index is 2.00. The number of benzene rings is 1. The predicted octanol–water partition coefficient (Wildman–Crippen LogP) is 1.14. The summed E-state index contributed by atoms with van der Waals surface area (Å²) in [4.78, 5) is 29.5. The zero-order chi connectivity index (χ0) is 25.9. The molecule has 0 atom stereocenters. The summed E-state index contributed by atoms with van der Waals surface area (Å²) >= 11 is 0. The smallest absolute Gasteiger partial charge is 0.267 e. The van der Waals surface area contributed by atoms with Crippen LogP contribution < -0.4 is 10.9 Å². The van der Waals surface area contributed by atoms with E-state index in [2.05, 4.69) is 10.3 Å². The minimum absolute atomic E-state index is 0.0201. The molecule has 0 aliphatic rings. The third kappa shape index (κ3) is 5.84. The molecule has 0 bridgehead atoms. The van der Waals surface area contributed by atoms with Crippen molar-refractivity contribution in [1.82, 2.24) is 19.2 Å². The molecule has 0 saturated carbocycles. The first-order chi connectivity index (χ1) is 16.4. The molecule has 12 heteroatoms. The number of rotatable bonds is 9. The number of fused-ring (bicyclic) bond motifs is 1. The van der Waals surface area contributed by atoms with E-state index in [9.17, 15) is 27.5 Å². The molecular formula is C23H27FN4O6S. The van der Waals surface area contributed by atoms with Crippen LogP contribution in [-0.4, -0.2) is 66.9 Å². The van der Waals surface area contributed by atoms with Crippen molar-refractivity contribution in [2.45, 2.75) is 13.0 Å². The number of aromatic hydroxyl groups is 1. The van der Waals surface area contributed by atoms with Crippen molar-refractivity contribution in [3.05, 3.63) is 68.9 Å². The molecule has 10 nitrogen and oxygen atoms in total. The summed E-state index contributed by atoms with van der Waals surface area (Å²) in [6.07, 6.45) is 2.81. The van der Waals surface area contributed by atoms with E-state index in [1.165, 1.54) is 44.1 Å². The number of nitrogens with one attached hydrogen (secondary N) is 1. The summed E-state index contributed by atoms with van der Waals surface area (Å²) in [6.45, 7) is 0.387. The number of aromatic nitrogens is 2. The molecular weight excluding hydrogens is 479 g/mol. The van der Waals surface area contributed by atoms with E-state index in [1.807, 2.05) is 0 Å². The number of amides is 1. The van der Waals surface area contributed by atoms with Gasteiger partial charge >= 0.3 is 0 Å². The van der Waals surface area contributed by atoms with Gasteiger partial charge in [-0.3, -0.25) is 14.6 Å². The summed E-state index contributed by atoms with van der Waals surface area (Å²) in [5.41, 5.74) is 1.06. The highest BCUT2D eigenvalue weighted by Crippen LogP contribution is 2.26. The Morgan fingerprint density at radius 3 is 2.66 bits per heavy atom. The molecule has 3 aromatic rings. The molecule has 0 unspecified atom stereocenters. The van der Waals surface area contributed by atoms with Gasteiger partial charge in [-0.1, -0.05) is 6.07 Å². The molecule has 2 N–H and O–H groups in total. The van der Waals surface area contributed by atoms with E-state index in [4.69, 9.17) is 4.74 Å². The fraction of sp³-hybridized carbons (Fsp3) is 0.348. The number of carbonyl (C=O) groups is 1. The number of hydrogen-bond acceptors (Lipinski definition) is 7. The third-order valence-corrected chi connectivity index (χ3v) is 6.87.